The van der Waals surface area contributed by atoms with Crippen LogP contribution in [0, 0.1) is 0 Å². The van der Waals surface area contributed by atoms with Crippen LogP contribution in [0.4, 0.5) is 0 Å². The van der Waals surface area contributed by atoms with Crippen molar-refractivity contribution < 1.29 is 37.3 Å². The molecule has 0 rings (SSSR count). The van der Waals surface area contributed by atoms with Crippen LogP contribution in [0.25, 0.3) is 0 Å². The fourth-order valence-corrected chi connectivity index (χ4v) is 9.47. The summed E-state index contributed by atoms with van der Waals surface area (Å²) in [6.45, 7) is 6.80. The van der Waals surface area contributed by atoms with E-state index in [2.05, 4.69) is 56.5 Å². The molecule has 0 spiro atoms. The molecule has 0 aliphatic rings. The number of carbonyl (C=O) groups is 2. The predicted molar refractivity (Wildman–Crippen MR) is 307 cm³/mol. The summed E-state index contributed by atoms with van der Waals surface area (Å²) in [5, 5.41) is 2.98. The van der Waals surface area contributed by atoms with E-state index in [0.29, 0.717) is 17.4 Å². The summed E-state index contributed by atoms with van der Waals surface area (Å²) in [5.41, 5.74) is 0. The Morgan fingerprint density at radius 2 is 0.861 bits per heavy atom. The number of hydrogen-bond donors (Lipinski definition) is 1. The maximum Gasteiger partial charge on any atom is 0.306 e. The summed E-state index contributed by atoms with van der Waals surface area (Å²) in [6, 6.07) is -0.917. The number of likely N-dealkylation sites (N-methyl/N-ethyl adjacent to an activating group) is 1. The van der Waals surface area contributed by atoms with E-state index in [4.69, 9.17) is 13.8 Å². The molecule has 0 aromatic heterocycles. The number of esters is 1. The summed E-state index contributed by atoms with van der Waals surface area (Å²) in [6.07, 6.45) is 63.8. The van der Waals surface area contributed by atoms with Gasteiger partial charge in [-0.05, 0) is 76.7 Å². The van der Waals surface area contributed by atoms with Gasteiger partial charge in [0.05, 0.1) is 33.8 Å². The third-order valence-corrected chi connectivity index (χ3v) is 14.5. The first kappa shape index (κ1) is 70.0. The van der Waals surface area contributed by atoms with Crippen LogP contribution >= 0.6 is 7.82 Å². The first-order chi connectivity index (χ1) is 34.9. The molecular formula is C62H117N2O7P. The van der Waals surface area contributed by atoms with E-state index in [9.17, 15) is 19.0 Å². The highest BCUT2D eigenvalue weighted by Crippen LogP contribution is 2.38. The van der Waals surface area contributed by atoms with Crippen molar-refractivity contribution in [2.24, 2.45) is 0 Å². The molecular weight excluding hydrogens is 916 g/mol. The summed E-state index contributed by atoms with van der Waals surface area (Å²) >= 11 is 0. The van der Waals surface area contributed by atoms with Gasteiger partial charge in [-0.15, -0.1) is 0 Å². The van der Waals surface area contributed by atoms with E-state index in [0.717, 1.165) is 51.4 Å². The average Bonchev–Trinajstić information content (AvgIpc) is 3.34. The van der Waals surface area contributed by atoms with Crippen LogP contribution in [0.2, 0.25) is 0 Å². The van der Waals surface area contributed by atoms with Gasteiger partial charge in [-0.2, -0.15) is 0 Å². The topological polar surface area (TPSA) is 114 Å². The molecule has 0 aromatic carbocycles. The number of phosphoric acid groups is 1. The molecule has 0 aliphatic heterocycles. The third-order valence-electron chi connectivity index (χ3n) is 13.5. The highest BCUT2D eigenvalue weighted by molar-refractivity contribution is 7.45. The Hall–Kier alpha value is -2.03. The van der Waals surface area contributed by atoms with Crippen molar-refractivity contribution in [3.05, 3.63) is 48.6 Å². The van der Waals surface area contributed by atoms with Gasteiger partial charge >= 0.3 is 5.97 Å². The van der Waals surface area contributed by atoms with E-state index in [1.807, 2.05) is 39.4 Å². The van der Waals surface area contributed by atoms with Gasteiger partial charge < -0.3 is 28.5 Å². The van der Waals surface area contributed by atoms with Crippen molar-refractivity contribution in [1.29, 1.82) is 0 Å². The van der Waals surface area contributed by atoms with E-state index < -0.39 is 26.6 Å². The lowest BCUT2D eigenvalue weighted by Crippen LogP contribution is -2.47. The van der Waals surface area contributed by atoms with Crippen LogP contribution < -0.4 is 10.2 Å². The predicted octanol–water partition coefficient (Wildman–Crippen LogP) is 17.9. The van der Waals surface area contributed by atoms with Crippen molar-refractivity contribution in [3.63, 3.8) is 0 Å². The largest absolute Gasteiger partial charge is 0.756 e. The number of ether oxygens (including phenoxy) is 1. The minimum atomic E-state index is -4.71. The monoisotopic (exact) mass is 1030 g/mol. The number of unbranched alkanes of at least 4 members (excludes halogenated alkanes) is 33. The second kappa shape index (κ2) is 52.4. The van der Waals surface area contributed by atoms with Gasteiger partial charge in [0.1, 0.15) is 19.3 Å². The number of carbonyl (C=O) groups excluding carboxylic acids is 2. The first-order valence-corrected chi connectivity index (χ1v) is 31.9. The van der Waals surface area contributed by atoms with Crippen molar-refractivity contribution in [1.82, 2.24) is 5.32 Å². The standard InChI is InChI=1S/C62H117N2O7P/c1-7-10-13-16-19-22-25-28-29-30-31-32-33-34-35-37-40-43-46-49-52-55-62(66)71-60(53-50-47-44-41-38-27-24-21-18-15-12-9-3)59(58-70-72(67,68)69-57-56-64(4,5)6)63-61(65)54-51-48-45-42-39-36-26-23-20-17-14-11-8-2/h28-29,36,39,45,48,50,53,59-60H,7-27,30-35,37-38,40-44,46-47,49,51-52,54-58H2,1-6H3,(H-,63,65,67,68)/b29-28+,39-36-,48-45+,53-50-. The lowest BCUT2D eigenvalue weighted by Gasteiger charge is -2.30. The number of rotatable bonds is 55. The Morgan fingerprint density at radius 1 is 0.486 bits per heavy atom. The van der Waals surface area contributed by atoms with Crippen LogP contribution in [0.15, 0.2) is 48.6 Å². The lowest BCUT2D eigenvalue weighted by atomic mass is 10.0. The number of allylic oxidation sites excluding steroid dienone is 7. The van der Waals surface area contributed by atoms with Gasteiger partial charge in [0.15, 0.2) is 0 Å². The van der Waals surface area contributed by atoms with E-state index in [1.54, 1.807) is 0 Å². The van der Waals surface area contributed by atoms with Crippen molar-refractivity contribution in [3.8, 4) is 0 Å². The molecule has 9 nitrogen and oxygen atoms in total. The van der Waals surface area contributed by atoms with Gasteiger partial charge in [-0.1, -0.05) is 243 Å². The molecule has 3 unspecified atom stereocenters. The van der Waals surface area contributed by atoms with Crippen LogP contribution in [0.1, 0.15) is 284 Å². The quantitative estimate of drug-likeness (QED) is 0.0212. The van der Waals surface area contributed by atoms with Gasteiger partial charge in [-0.3, -0.25) is 14.2 Å². The second-order valence-corrected chi connectivity index (χ2v) is 23.3. The maximum absolute atomic E-state index is 13.4. The fourth-order valence-electron chi connectivity index (χ4n) is 8.74. The van der Waals surface area contributed by atoms with Crippen LogP contribution in [-0.2, 0) is 27.9 Å². The van der Waals surface area contributed by atoms with Gasteiger partial charge in [-0.25, -0.2) is 0 Å². The Labute approximate surface area is 446 Å². The van der Waals surface area contributed by atoms with E-state index >= 15 is 0 Å². The summed E-state index contributed by atoms with van der Waals surface area (Å²) in [5.74, 6) is -0.613. The Morgan fingerprint density at radius 3 is 1.29 bits per heavy atom. The second-order valence-electron chi connectivity index (χ2n) is 21.8. The zero-order valence-corrected chi connectivity index (χ0v) is 49.0. The van der Waals surface area contributed by atoms with Crippen molar-refractivity contribution in [2.45, 2.75) is 296 Å². The molecule has 0 heterocycles. The van der Waals surface area contributed by atoms with Crippen molar-refractivity contribution >= 4 is 19.7 Å². The third kappa shape index (κ3) is 52.8. The molecule has 0 saturated heterocycles. The van der Waals surface area contributed by atoms with E-state index in [-0.39, 0.29) is 31.3 Å². The highest BCUT2D eigenvalue weighted by Gasteiger charge is 2.27. The number of phosphoric ester groups is 1. The zero-order valence-electron chi connectivity index (χ0n) is 48.1. The maximum atomic E-state index is 13.4. The molecule has 0 radical (unpaired) electrons. The highest BCUT2D eigenvalue weighted by atomic mass is 31.2. The molecule has 72 heavy (non-hydrogen) atoms. The number of hydrogen-bond acceptors (Lipinski definition) is 7. The summed E-state index contributed by atoms with van der Waals surface area (Å²) in [4.78, 5) is 39.8. The minimum Gasteiger partial charge on any atom is -0.756 e. The molecule has 0 aromatic rings. The average molecular weight is 1030 g/mol. The smallest absolute Gasteiger partial charge is 0.306 e. The molecule has 0 aliphatic carbocycles. The number of nitrogens with zero attached hydrogens (tertiary/aromatic N) is 1. The van der Waals surface area contributed by atoms with Gasteiger partial charge in [0.2, 0.25) is 5.91 Å². The van der Waals surface area contributed by atoms with Crippen LogP contribution in [-0.4, -0.2) is 69.4 Å². The number of amides is 1. The molecule has 0 bridgehead atoms. The van der Waals surface area contributed by atoms with Crippen LogP contribution in [0.5, 0.6) is 0 Å². The number of nitrogens with one attached hydrogen (secondary N) is 1. The molecule has 10 heteroatoms. The Kier molecular flexibility index (Phi) is 50.9. The Balaban J connectivity index is 5.26. The van der Waals surface area contributed by atoms with Gasteiger partial charge in [0.25, 0.3) is 7.82 Å². The molecule has 0 fully saturated rings. The summed E-state index contributed by atoms with van der Waals surface area (Å²) < 4.78 is 30.2. The van der Waals surface area contributed by atoms with Crippen LogP contribution in [0.3, 0.4) is 0 Å². The zero-order chi connectivity index (χ0) is 52.9. The Bertz CT molecular complexity index is 1380. The molecule has 1 N–H and O–H groups in total. The minimum absolute atomic E-state index is 0.0310. The fraction of sp³-hybridized carbons (Fsp3) is 0.839. The molecule has 0 saturated carbocycles. The molecule has 422 valence electrons. The first-order valence-electron chi connectivity index (χ1n) is 30.4. The number of quaternary nitrogens is 1. The summed E-state index contributed by atoms with van der Waals surface area (Å²) in [7, 11) is 1.16. The lowest BCUT2D eigenvalue weighted by molar-refractivity contribution is -0.870. The van der Waals surface area contributed by atoms with Gasteiger partial charge in [0, 0.05) is 12.8 Å². The normalized spacial score (nSPS) is 14.0. The van der Waals surface area contributed by atoms with E-state index in [1.165, 1.54) is 193 Å². The SMILES string of the molecule is CCCCCCCC/C=C\C/C=C/CCC(=O)NC(COP(=O)([O-])OCC[N+](C)(C)C)C(/C=C\CCCCCCCCCCCC)OC(=O)CCCCCCCCCCCCC/C=C/CCCCCCCC. The molecule has 1 amide bonds. The van der Waals surface area contributed by atoms with Crippen molar-refractivity contribution in [2.75, 3.05) is 40.9 Å². The molecule has 3 atom stereocenters.